The molecule has 2 unspecified atom stereocenters. The number of aliphatic hydroxyl groups is 1. The molecule has 0 saturated carbocycles. The fourth-order valence-corrected chi connectivity index (χ4v) is 2.22. The normalized spacial score (nSPS) is 14.8. The molecule has 0 saturated heterocycles. The van der Waals surface area contributed by atoms with E-state index in [2.05, 4.69) is 5.32 Å². The summed E-state index contributed by atoms with van der Waals surface area (Å²) >= 11 is 12.0. The molecule has 2 nitrogen and oxygen atoms in total. The molecule has 0 aliphatic heterocycles. The summed E-state index contributed by atoms with van der Waals surface area (Å²) in [4.78, 5) is 0. The second-order valence-corrected chi connectivity index (χ2v) is 4.81. The fraction of sp³-hybridized carbons (Fsp3) is 0.500. The maximum atomic E-state index is 8.83. The van der Waals surface area contributed by atoms with E-state index in [9.17, 15) is 0 Å². The Morgan fingerprint density at radius 3 is 2.56 bits per heavy atom. The Hall–Kier alpha value is -0.280. The molecule has 0 bridgehead atoms. The summed E-state index contributed by atoms with van der Waals surface area (Å²) in [5.41, 5.74) is 1.02. The minimum absolute atomic E-state index is 0.145. The lowest BCUT2D eigenvalue weighted by Gasteiger charge is -2.20. The number of benzene rings is 1. The van der Waals surface area contributed by atoms with E-state index in [4.69, 9.17) is 28.3 Å². The number of aliphatic hydroxyl groups excluding tert-OH is 1. The zero-order valence-electron chi connectivity index (χ0n) is 9.50. The predicted molar refractivity (Wildman–Crippen MR) is 69.2 cm³/mol. The summed E-state index contributed by atoms with van der Waals surface area (Å²) in [6.45, 7) is 4.27. The molecule has 0 amide bonds. The van der Waals surface area contributed by atoms with Gasteiger partial charge in [-0.2, -0.15) is 0 Å². The highest BCUT2D eigenvalue weighted by molar-refractivity contribution is 6.35. The molecule has 0 aromatic heterocycles. The molecule has 0 radical (unpaired) electrons. The Kier molecular flexibility index (Phi) is 5.56. The molecule has 1 aromatic rings. The topological polar surface area (TPSA) is 32.3 Å². The molecular formula is C12H17Cl2NO. The van der Waals surface area contributed by atoms with Crippen molar-refractivity contribution >= 4 is 23.2 Å². The van der Waals surface area contributed by atoms with Crippen LogP contribution in [0.2, 0.25) is 10.0 Å². The molecule has 0 fully saturated rings. The van der Waals surface area contributed by atoms with E-state index in [0.717, 1.165) is 12.0 Å². The van der Waals surface area contributed by atoms with Gasteiger partial charge in [-0.05, 0) is 38.0 Å². The lowest BCUT2D eigenvalue weighted by molar-refractivity contribution is 0.264. The van der Waals surface area contributed by atoms with Gasteiger partial charge in [-0.25, -0.2) is 0 Å². The molecule has 16 heavy (non-hydrogen) atoms. The molecular weight excluding hydrogens is 245 g/mol. The van der Waals surface area contributed by atoms with E-state index in [1.165, 1.54) is 0 Å². The number of rotatable bonds is 5. The van der Waals surface area contributed by atoms with Crippen molar-refractivity contribution in [2.24, 2.45) is 0 Å². The van der Waals surface area contributed by atoms with Crippen molar-refractivity contribution in [2.45, 2.75) is 32.4 Å². The summed E-state index contributed by atoms with van der Waals surface area (Å²) in [5.74, 6) is 0. The third-order valence-corrected chi connectivity index (χ3v) is 3.09. The number of hydrogen-bond acceptors (Lipinski definition) is 2. The van der Waals surface area contributed by atoms with E-state index < -0.39 is 0 Å². The van der Waals surface area contributed by atoms with Crippen LogP contribution in [0, 0.1) is 0 Å². The van der Waals surface area contributed by atoms with Crippen LogP contribution in [0.3, 0.4) is 0 Å². The molecule has 0 heterocycles. The molecule has 0 spiro atoms. The lowest BCUT2D eigenvalue weighted by Crippen LogP contribution is -2.29. The van der Waals surface area contributed by atoms with Crippen LogP contribution in [0.5, 0.6) is 0 Å². The summed E-state index contributed by atoms with van der Waals surface area (Å²) in [5, 5.41) is 13.5. The number of nitrogens with one attached hydrogen (secondary N) is 1. The molecule has 2 atom stereocenters. The van der Waals surface area contributed by atoms with Gasteiger partial charge in [0.15, 0.2) is 0 Å². The van der Waals surface area contributed by atoms with Crippen molar-refractivity contribution in [3.05, 3.63) is 33.8 Å². The quantitative estimate of drug-likeness (QED) is 0.852. The summed E-state index contributed by atoms with van der Waals surface area (Å²) < 4.78 is 0. The smallest absolute Gasteiger partial charge is 0.0468 e. The second kappa shape index (κ2) is 6.45. The van der Waals surface area contributed by atoms with Crippen molar-refractivity contribution in [3.8, 4) is 0 Å². The average Bonchev–Trinajstić information content (AvgIpc) is 2.17. The highest BCUT2D eigenvalue weighted by atomic mass is 35.5. The Bertz CT molecular complexity index is 344. The van der Waals surface area contributed by atoms with Crippen LogP contribution in [0.1, 0.15) is 31.9 Å². The first-order valence-electron chi connectivity index (χ1n) is 5.36. The van der Waals surface area contributed by atoms with Crippen molar-refractivity contribution in [1.29, 1.82) is 0 Å². The van der Waals surface area contributed by atoms with E-state index in [1.807, 2.05) is 26.0 Å². The minimum atomic E-state index is 0.145. The molecule has 0 aliphatic carbocycles. The highest BCUT2D eigenvalue weighted by Gasteiger charge is 2.12. The van der Waals surface area contributed by atoms with Crippen molar-refractivity contribution in [2.75, 3.05) is 6.61 Å². The van der Waals surface area contributed by atoms with Crippen LogP contribution < -0.4 is 5.32 Å². The largest absolute Gasteiger partial charge is 0.396 e. The van der Waals surface area contributed by atoms with Crippen molar-refractivity contribution < 1.29 is 5.11 Å². The Morgan fingerprint density at radius 2 is 2.00 bits per heavy atom. The van der Waals surface area contributed by atoms with Crippen LogP contribution in [-0.2, 0) is 0 Å². The SMILES string of the molecule is CC(CCO)NC(C)c1ccc(Cl)cc1Cl. The van der Waals surface area contributed by atoms with Crippen LogP contribution in [0.4, 0.5) is 0 Å². The van der Waals surface area contributed by atoms with Crippen molar-refractivity contribution in [1.82, 2.24) is 5.32 Å². The van der Waals surface area contributed by atoms with E-state index >= 15 is 0 Å². The maximum Gasteiger partial charge on any atom is 0.0468 e. The van der Waals surface area contributed by atoms with E-state index in [1.54, 1.807) is 6.07 Å². The molecule has 1 rings (SSSR count). The van der Waals surface area contributed by atoms with Crippen LogP contribution in [-0.4, -0.2) is 17.8 Å². The highest BCUT2D eigenvalue weighted by Crippen LogP contribution is 2.26. The van der Waals surface area contributed by atoms with Gasteiger partial charge in [0, 0.05) is 28.7 Å². The van der Waals surface area contributed by atoms with Gasteiger partial charge in [0.05, 0.1) is 0 Å². The van der Waals surface area contributed by atoms with Gasteiger partial charge in [0.2, 0.25) is 0 Å². The van der Waals surface area contributed by atoms with Gasteiger partial charge >= 0.3 is 0 Å². The first-order chi connectivity index (χ1) is 7.54. The minimum Gasteiger partial charge on any atom is -0.396 e. The Labute approximate surface area is 107 Å². The molecule has 0 aliphatic rings. The zero-order chi connectivity index (χ0) is 12.1. The summed E-state index contributed by atoms with van der Waals surface area (Å²) in [6.07, 6.45) is 0.732. The van der Waals surface area contributed by atoms with Gasteiger partial charge in [0.25, 0.3) is 0 Å². The van der Waals surface area contributed by atoms with Crippen LogP contribution >= 0.6 is 23.2 Å². The molecule has 4 heteroatoms. The van der Waals surface area contributed by atoms with E-state index in [-0.39, 0.29) is 18.7 Å². The average molecular weight is 262 g/mol. The first-order valence-corrected chi connectivity index (χ1v) is 6.12. The predicted octanol–water partition coefficient (Wildman–Crippen LogP) is 3.41. The molecule has 2 N–H and O–H groups in total. The van der Waals surface area contributed by atoms with Gasteiger partial charge in [-0.15, -0.1) is 0 Å². The third-order valence-electron chi connectivity index (χ3n) is 2.53. The Morgan fingerprint density at radius 1 is 1.31 bits per heavy atom. The lowest BCUT2D eigenvalue weighted by atomic mass is 10.1. The second-order valence-electron chi connectivity index (χ2n) is 3.97. The molecule has 1 aromatic carbocycles. The van der Waals surface area contributed by atoms with Gasteiger partial charge in [-0.3, -0.25) is 0 Å². The first kappa shape index (κ1) is 13.8. The zero-order valence-corrected chi connectivity index (χ0v) is 11.0. The summed E-state index contributed by atoms with van der Waals surface area (Å²) in [7, 11) is 0. The summed E-state index contributed by atoms with van der Waals surface area (Å²) in [6, 6.07) is 5.90. The van der Waals surface area contributed by atoms with Gasteiger partial charge in [-0.1, -0.05) is 29.3 Å². The maximum absolute atomic E-state index is 8.83. The van der Waals surface area contributed by atoms with Crippen molar-refractivity contribution in [3.63, 3.8) is 0 Å². The number of halogens is 2. The van der Waals surface area contributed by atoms with E-state index in [0.29, 0.717) is 10.0 Å². The van der Waals surface area contributed by atoms with Crippen LogP contribution in [0.15, 0.2) is 18.2 Å². The molecule has 90 valence electrons. The van der Waals surface area contributed by atoms with Gasteiger partial charge in [0.1, 0.15) is 0 Å². The number of hydrogen-bond donors (Lipinski definition) is 2. The monoisotopic (exact) mass is 261 g/mol. The third kappa shape index (κ3) is 3.95. The van der Waals surface area contributed by atoms with Crippen LogP contribution in [0.25, 0.3) is 0 Å². The Balaban J connectivity index is 2.69. The van der Waals surface area contributed by atoms with Gasteiger partial charge < -0.3 is 10.4 Å². The fourth-order valence-electron chi connectivity index (χ4n) is 1.65. The standard InChI is InChI=1S/C12H17Cl2NO/c1-8(5-6-16)15-9(2)11-4-3-10(13)7-12(11)14/h3-4,7-9,15-16H,5-6H2,1-2H3.